The monoisotopic (exact) mass is 461 g/mol. The van der Waals surface area contributed by atoms with E-state index < -0.39 is 18.4 Å². The lowest BCUT2D eigenvalue weighted by atomic mass is 9.96. The Morgan fingerprint density at radius 2 is 1.97 bits per heavy atom. The molecular formula is C22H21F2N3O4S. The zero-order valence-electron chi connectivity index (χ0n) is 17.2. The fourth-order valence-electron chi connectivity index (χ4n) is 3.74. The molecule has 2 aromatic carbocycles. The average molecular weight is 461 g/mol. The number of methoxy groups -OCH3 is 1. The van der Waals surface area contributed by atoms with Gasteiger partial charge in [0, 0.05) is 13.1 Å². The Labute approximate surface area is 186 Å². The van der Waals surface area contributed by atoms with E-state index in [4.69, 9.17) is 4.74 Å². The van der Waals surface area contributed by atoms with Gasteiger partial charge in [0.05, 0.1) is 23.3 Å². The fourth-order valence-corrected chi connectivity index (χ4v) is 4.62. The summed E-state index contributed by atoms with van der Waals surface area (Å²) >= 11 is 1.34. The minimum absolute atomic E-state index is 0.0483. The number of anilines is 1. The van der Waals surface area contributed by atoms with Crippen LogP contribution < -0.4 is 14.8 Å². The molecule has 1 fully saturated rings. The van der Waals surface area contributed by atoms with E-state index in [1.165, 1.54) is 34.4 Å². The minimum atomic E-state index is -3.03. The maximum Gasteiger partial charge on any atom is 0.387 e. The molecule has 3 aromatic rings. The first-order chi connectivity index (χ1) is 15.5. The van der Waals surface area contributed by atoms with Gasteiger partial charge in [-0.2, -0.15) is 8.78 Å². The number of benzene rings is 2. The molecule has 1 unspecified atom stereocenters. The summed E-state index contributed by atoms with van der Waals surface area (Å²) in [5, 5.41) is 3.29. The van der Waals surface area contributed by atoms with Crippen LogP contribution in [0.5, 0.6) is 11.5 Å². The first kappa shape index (κ1) is 21.9. The van der Waals surface area contributed by atoms with E-state index in [1.807, 2.05) is 12.1 Å². The maximum atomic E-state index is 13.0. The number of fused-ring (bicyclic) bond motifs is 1. The predicted molar refractivity (Wildman–Crippen MR) is 117 cm³/mol. The van der Waals surface area contributed by atoms with Crippen LogP contribution in [0, 0.1) is 5.92 Å². The highest BCUT2D eigenvalue weighted by atomic mass is 32.1. The van der Waals surface area contributed by atoms with Gasteiger partial charge in [0.15, 0.2) is 5.13 Å². The number of rotatable bonds is 6. The van der Waals surface area contributed by atoms with E-state index in [-0.39, 0.29) is 23.8 Å². The number of aromatic nitrogens is 1. The smallest absolute Gasteiger partial charge is 0.387 e. The normalized spacial score (nSPS) is 16.2. The van der Waals surface area contributed by atoms with E-state index >= 15 is 0 Å². The number of ether oxygens (including phenoxy) is 2. The Hall–Kier alpha value is -3.27. The number of para-hydroxylation sites is 2. The van der Waals surface area contributed by atoms with Crippen LogP contribution >= 0.6 is 11.3 Å². The minimum Gasteiger partial charge on any atom is -0.494 e. The molecule has 2 amide bonds. The predicted octanol–water partition coefficient (Wildman–Crippen LogP) is 4.40. The van der Waals surface area contributed by atoms with Crippen LogP contribution in [-0.4, -0.2) is 48.5 Å². The number of likely N-dealkylation sites (tertiary alicyclic amines) is 1. The number of alkyl halides is 2. The zero-order chi connectivity index (χ0) is 22.7. The lowest BCUT2D eigenvalue weighted by Crippen LogP contribution is -2.43. The van der Waals surface area contributed by atoms with Crippen LogP contribution in [0.15, 0.2) is 42.5 Å². The first-order valence-electron chi connectivity index (χ1n) is 10.0. The zero-order valence-corrected chi connectivity index (χ0v) is 18.0. The van der Waals surface area contributed by atoms with Gasteiger partial charge in [0.2, 0.25) is 5.91 Å². The molecule has 7 nitrogen and oxygen atoms in total. The molecule has 1 atom stereocenters. The Balaban J connectivity index is 1.46. The van der Waals surface area contributed by atoms with Crippen LogP contribution in [-0.2, 0) is 4.79 Å². The SMILES string of the molecule is COc1cccc2sc(NC(=O)C3CCCN(C(=O)c4ccccc4OC(F)F)C3)nc12. The van der Waals surface area contributed by atoms with Crippen molar-refractivity contribution in [1.82, 2.24) is 9.88 Å². The molecule has 1 aromatic heterocycles. The van der Waals surface area contributed by atoms with Crippen molar-refractivity contribution in [1.29, 1.82) is 0 Å². The molecule has 0 radical (unpaired) electrons. The molecule has 0 aliphatic carbocycles. The highest BCUT2D eigenvalue weighted by Crippen LogP contribution is 2.33. The third-order valence-electron chi connectivity index (χ3n) is 5.24. The number of hydrogen-bond acceptors (Lipinski definition) is 6. The standard InChI is InChI=1S/C22H21F2N3O4S/c1-30-16-9-4-10-17-18(16)25-22(32-17)26-19(28)13-6-5-11-27(12-13)20(29)14-7-2-3-8-15(14)31-21(23)24/h2-4,7-10,13,21H,5-6,11-12H2,1H3,(H,25,26,28). The van der Waals surface area contributed by atoms with E-state index in [0.717, 1.165) is 4.70 Å². The molecule has 168 valence electrons. The topological polar surface area (TPSA) is 80.8 Å². The Morgan fingerprint density at radius 3 is 2.75 bits per heavy atom. The average Bonchev–Trinajstić information content (AvgIpc) is 3.21. The second-order valence-corrected chi connectivity index (χ2v) is 8.31. The molecular weight excluding hydrogens is 440 g/mol. The van der Waals surface area contributed by atoms with Crippen LogP contribution in [0.1, 0.15) is 23.2 Å². The summed E-state index contributed by atoms with van der Waals surface area (Å²) in [6.07, 6.45) is 1.23. The summed E-state index contributed by atoms with van der Waals surface area (Å²) < 4.78 is 36.1. The number of nitrogens with zero attached hydrogens (tertiary/aromatic N) is 2. The molecule has 0 bridgehead atoms. The lowest BCUT2D eigenvalue weighted by molar-refractivity contribution is -0.121. The lowest BCUT2D eigenvalue weighted by Gasteiger charge is -2.32. The van der Waals surface area contributed by atoms with Gasteiger partial charge in [-0.1, -0.05) is 29.5 Å². The van der Waals surface area contributed by atoms with Gasteiger partial charge in [-0.3, -0.25) is 9.59 Å². The number of carbonyl (C=O) groups excluding carboxylic acids is 2. The largest absolute Gasteiger partial charge is 0.494 e. The molecule has 1 N–H and O–H groups in total. The molecule has 1 aliphatic rings. The van der Waals surface area contributed by atoms with Crippen LogP contribution in [0.4, 0.5) is 13.9 Å². The van der Waals surface area contributed by atoms with Crippen molar-refractivity contribution in [2.45, 2.75) is 19.5 Å². The third kappa shape index (κ3) is 4.64. The van der Waals surface area contributed by atoms with Crippen molar-refractivity contribution in [3.8, 4) is 11.5 Å². The Bertz CT molecular complexity index is 1140. The molecule has 10 heteroatoms. The van der Waals surface area contributed by atoms with E-state index in [2.05, 4.69) is 15.0 Å². The van der Waals surface area contributed by atoms with Crippen LogP contribution in [0.2, 0.25) is 0 Å². The Kier molecular flexibility index (Phi) is 6.50. The summed E-state index contributed by atoms with van der Waals surface area (Å²) in [4.78, 5) is 31.8. The number of hydrogen-bond donors (Lipinski definition) is 1. The molecule has 2 heterocycles. The van der Waals surface area contributed by atoms with Crippen molar-refractivity contribution < 1.29 is 27.8 Å². The van der Waals surface area contributed by atoms with Gasteiger partial charge in [-0.15, -0.1) is 0 Å². The number of thiazole rings is 1. The van der Waals surface area contributed by atoms with Crippen LogP contribution in [0.3, 0.4) is 0 Å². The highest BCUT2D eigenvalue weighted by molar-refractivity contribution is 7.22. The second-order valence-electron chi connectivity index (χ2n) is 7.28. The second kappa shape index (κ2) is 9.47. The van der Waals surface area contributed by atoms with Gasteiger partial charge < -0.3 is 19.7 Å². The summed E-state index contributed by atoms with van der Waals surface area (Å²) in [6.45, 7) is -2.41. The summed E-state index contributed by atoms with van der Waals surface area (Å²) in [7, 11) is 1.56. The molecule has 4 rings (SSSR count). The number of nitrogens with one attached hydrogen (secondary N) is 1. The van der Waals surface area contributed by atoms with Crippen molar-refractivity contribution >= 4 is 38.5 Å². The van der Waals surface area contributed by atoms with E-state index in [9.17, 15) is 18.4 Å². The number of amides is 2. The van der Waals surface area contributed by atoms with Crippen molar-refractivity contribution in [3.63, 3.8) is 0 Å². The van der Waals surface area contributed by atoms with Crippen LogP contribution in [0.25, 0.3) is 10.2 Å². The molecule has 0 saturated carbocycles. The van der Waals surface area contributed by atoms with E-state index in [1.54, 1.807) is 19.2 Å². The first-order valence-corrected chi connectivity index (χ1v) is 10.9. The summed E-state index contributed by atoms with van der Waals surface area (Å²) in [6, 6.07) is 11.4. The fraction of sp³-hybridized carbons (Fsp3) is 0.318. The maximum absolute atomic E-state index is 13.0. The molecule has 1 aliphatic heterocycles. The van der Waals surface area contributed by atoms with Gasteiger partial charge in [0.25, 0.3) is 5.91 Å². The third-order valence-corrected chi connectivity index (χ3v) is 6.18. The van der Waals surface area contributed by atoms with Crippen molar-refractivity contribution in [2.75, 3.05) is 25.5 Å². The van der Waals surface area contributed by atoms with E-state index in [0.29, 0.717) is 35.8 Å². The van der Waals surface area contributed by atoms with Crippen molar-refractivity contribution in [3.05, 3.63) is 48.0 Å². The summed E-state index contributed by atoms with van der Waals surface area (Å²) in [5.74, 6) is -0.674. The molecule has 0 spiro atoms. The van der Waals surface area contributed by atoms with Gasteiger partial charge in [-0.25, -0.2) is 4.98 Å². The highest BCUT2D eigenvalue weighted by Gasteiger charge is 2.31. The van der Waals surface area contributed by atoms with Gasteiger partial charge >= 0.3 is 6.61 Å². The van der Waals surface area contributed by atoms with Gasteiger partial charge in [0.1, 0.15) is 17.0 Å². The quantitative estimate of drug-likeness (QED) is 0.589. The van der Waals surface area contributed by atoms with Gasteiger partial charge in [-0.05, 0) is 37.1 Å². The molecule has 1 saturated heterocycles. The number of carbonyl (C=O) groups is 2. The molecule has 32 heavy (non-hydrogen) atoms. The number of halogens is 2. The number of piperidine rings is 1. The summed E-state index contributed by atoms with van der Waals surface area (Å²) in [5.41, 5.74) is 0.721. The van der Waals surface area contributed by atoms with Crippen molar-refractivity contribution in [2.24, 2.45) is 5.92 Å². The Morgan fingerprint density at radius 1 is 1.19 bits per heavy atom.